The third-order valence-electron chi connectivity index (χ3n) is 4.69. The second kappa shape index (κ2) is 9.20. The average Bonchev–Trinajstić information content (AvgIpc) is 2.68. The van der Waals surface area contributed by atoms with Crippen LogP contribution in [0.2, 0.25) is 0 Å². The molecule has 0 saturated carbocycles. The standard InChI is InChI=1S/C22H27N3O/c1-19-6-5-7-20(18-19)10-11-22(26)23-12-13-24-14-16-25(17-15-24)21-8-3-2-4-9-21/h2-11,18H,12-17H2,1H3,(H,23,26)/b11-10+. The van der Waals surface area contributed by atoms with Crippen LogP contribution in [0.25, 0.3) is 6.08 Å². The maximum atomic E-state index is 12.0. The highest BCUT2D eigenvalue weighted by atomic mass is 16.1. The Kier molecular flexibility index (Phi) is 6.45. The van der Waals surface area contributed by atoms with E-state index in [0.717, 1.165) is 38.3 Å². The first-order valence-electron chi connectivity index (χ1n) is 9.26. The highest BCUT2D eigenvalue weighted by molar-refractivity contribution is 5.91. The topological polar surface area (TPSA) is 35.6 Å². The van der Waals surface area contributed by atoms with Crippen molar-refractivity contribution in [3.63, 3.8) is 0 Å². The van der Waals surface area contributed by atoms with Crippen molar-refractivity contribution in [2.75, 3.05) is 44.2 Å². The minimum atomic E-state index is -0.0329. The van der Waals surface area contributed by atoms with E-state index in [4.69, 9.17) is 0 Å². The van der Waals surface area contributed by atoms with Crippen molar-refractivity contribution >= 4 is 17.7 Å². The molecule has 4 heteroatoms. The molecular weight excluding hydrogens is 322 g/mol. The van der Waals surface area contributed by atoms with Crippen molar-refractivity contribution in [1.82, 2.24) is 10.2 Å². The average molecular weight is 349 g/mol. The number of amides is 1. The number of aryl methyl sites for hydroxylation is 1. The summed E-state index contributed by atoms with van der Waals surface area (Å²) in [6.07, 6.45) is 3.48. The predicted molar refractivity (Wildman–Crippen MR) is 108 cm³/mol. The van der Waals surface area contributed by atoms with Gasteiger partial charge in [-0.3, -0.25) is 9.69 Å². The number of carbonyl (C=O) groups is 1. The molecule has 26 heavy (non-hydrogen) atoms. The summed E-state index contributed by atoms with van der Waals surface area (Å²) >= 11 is 0. The summed E-state index contributed by atoms with van der Waals surface area (Å²) < 4.78 is 0. The molecule has 1 N–H and O–H groups in total. The first-order chi connectivity index (χ1) is 12.7. The molecule has 2 aromatic carbocycles. The summed E-state index contributed by atoms with van der Waals surface area (Å²) in [5, 5.41) is 2.98. The van der Waals surface area contributed by atoms with Crippen molar-refractivity contribution < 1.29 is 4.79 Å². The van der Waals surface area contributed by atoms with Gasteiger partial charge in [-0.25, -0.2) is 0 Å². The fourth-order valence-electron chi connectivity index (χ4n) is 3.21. The van der Waals surface area contributed by atoms with Gasteiger partial charge in [-0.1, -0.05) is 48.0 Å². The quantitative estimate of drug-likeness (QED) is 0.815. The number of hydrogen-bond donors (Lipinski definition) is 1. The Balaban J connectivity index is 1.36. The van der Waals surface area contributed by atoms with Crippen LogP contribution in [0.3, 0.4) is 0 Å². The fourth-order valence-corrected chi connectivity index (χ4v) is 3.21. The van der Waals surface area contributed by atoms with Crippen molar-refractivity contribution in [1.29, 1.82) is 0 Å². The second-order valence-corrected chi connectivity index (χ2v) is 6.70. The minimum Gasteiger partial charge on any atom is -0.369 e. The van der Waals surface area contributed by atoms with Crippen LogP contribution in [0.4, 0.5) is 5.69 Å². The highest BCUT2D eigenvalue weighted by Crippen LogP contribution is 2.15. The molecule has 1 amide bonds. The van der Waals surface area contributed by atoms with Gasteiger partial charge < -0.3 is 10.2 Å². The van der Waals surface area contributed by atoms with Crippen LogP contribution in [0.15, 0.2) is 60.7 Å². The van der Waals surface area contributed by atoms with Crippen molar-refractivity contribution in [3.05, 3.63) is 71.8 Å². The molecule has 0 radical (unpaired) electrons. The van der Waals surface area contributed by atoms with Gasteiger partial charge in [0.1, 0.15) is 0 Å². The van der Waals surface area contributed by atoms with Crippen LogP contribution in [-0.2, 0) is 4.79 Å². The van der Waals surface area contributed by atoms with E-state index in [1.807, 2.05) is 18.2 Å². The lowest BCUT2D eigenvalue weighted by Gasteiger charge is -2.36. The molecule has 1 aliphatic heterocycles. The van der Waals surface area contributed by atoms with Gasteiger partial charge in [0, 0.05) is 51.0 Å². The van der Waals surface area contributed by atoms with Crippen molar-refractivity contribution in [2.45, 2.75) is 6.92 Å². The molecule has 1 saturated heterocycles. The molecule has 2 aromatic rings. The molecule has 0 bridgehead atoms. The number of anilines is 1. The SMILES string of the molecule is Cc1cccc(/C=C/C(=O)NCCN2CCN(c3ccccc3)CC2)c1. The molecule has 0 unspecified atom stereocenters. The maximum absolute atomic E-state index is 12.0. The number of nitrogens with one attached hydrogen (secondary N) is 1. The largest absolute Gasteiger partial charge is 0.369 e. The Morgan fingerprint density at radius 3 is 2.54 bits per heavy atom. The van der Waals surface area contributed by atoms with Gasteiger partial charge in [0.15, 0.2) is 0 Å². The third-order valence-corrected chi connectivity index (χ3v) is 4.69. The summed E-state index contributed by atoms with van der Waals surface area (Å²) in [7, 11) is 0. The van der Waals surface area contributed by atoms with E-state index < -0.39 is 0 Å². The molecule has 0 spiro atoms. The van der Waals surface area contributed by atoms with Crippen LogP contribution in [0.5, 0.6) is 0 Å². The Hall–Kier alpha value is -2.59. The first kappa shape index (κ1) is 18.2. The summed E-state index contributed by atoms with van der Waals surface area (Å²) in [5.41, 5.74) is 3.54. The van der Waals surface area contributed by atoms with E-state index in [9.17, 15) is 4.79 Å². The zero-order valence-corrected chi connectivity index (χ0v) is 15.4. The Morgan fingerprint density at radius 2 is 1.81 bits per heavy atom. The zero-order valence-electron chi connectivity index (χ0n) is 15.4. The monoisotopic (exact) mass is 349 g/mol. The first-order valence-corrected chi connectivity index (χ1v) is 9.26. The van der Waals surface area contributed by atoms with E-state index in [2.05, 4.69) is 64.5 Å². The Morgan fingerprint density at radius 1 is 1.04 bits per heavy atom. The lowest BCUT2D eigenvalue weighted by atomic mass is 10.1. The molecule has 136 valence electrons. The smallest absolute Gasteiger partial charge is 0.244 e. The van der Waals surface area contributed by atoms with Crippen LogP contribution in [0.1, 0.15) is 11.1 Å². The van der Waals surface area contributed by atoms with Gasteiger partial charge in [0.2, 0.25) is 5.91 Å². The Bertz CT molecular complexity index is 734. The van der Waals surface area contributed by atoms with Gasteiger partial charge in [-0.2, -0.15) is 0 Å². The molecule has 1 fully saturated rings. The van der Waals surface area contributed by atoms with Crippen molar-refractivity contribution in [2.24, 2.45) is 0 Å². The summed E-state index contributed by atoms with van der Waals surface area (Å²) in [5.74, 6) is -0.0329. The molecule has 0 atom stereocenters. The third kappa shape index (κ3) is 5.46. The van der Waals surface area contributed by atoms with Gasteiger partial charge in [-0.15, -0.1) is 0 Å². The van der Waals surface area contributed by atoms with Gasteiger partial charge in [-0.05, 0) is 30.7 Å². The number of rotatable bonds is 6. The van der Waals surface area contributed by atoms with Gasteiger partial charge in [0.05, 0.1) is 0 Å². The van der Waals surface area contributed by atoms with E-state index in [1.54, 1.807) is 6.08 Å². The molecule has 1 aliphatic rings. The normalized spacial score (nSPS) is 15.3. The molecule has 3 rings (SSSR count). The molecule has 4 nitrogen and oxygen atoms in total. The minimum absolute atomic E-state index is 0.0329. The van der Waals surface area contributed by atoms with Crippen LogP contribution in [-0.4, -0.2) is 50.1 Å². The van der Waals surface area contributed by atoms with E-state index in [1.165, 1.54) is 11.3 Å². The summed E-state index contributed by atoms with van der Waals surface area (Å²) in [6.45, 7) is 7.76. The second-order valence-electron chi connectivity index (χ2n) is 6.70. The number of nitrogens with zero attached hydrogens (tertiary/aromatic N) is 2. The number of carbonyl (C=O) groups excluding carboxylic acids is 1. The lowest BCUT2D eigenvalue weighted by molar-refractivity contribution is -0.116. The van der Waals surface area contributed by atoms with E-state index in [0.29, 0.717) is 6.54 Å². The van der Waals surface area contributed by atoms with E-state index in [-0.39, 0.29) is 5.91 Å². The summed E-state index contributed by atoms with van der Waals surface area (Å²) in [6, 6.07) is 18.7. The van der Waals surface area contributed by atoms with Crippen molar-refractivity contribution in [3.8, 4) is 0 Å². The summed E-state index contributed by atoms with van der Waals surface area (Å²) in [4.78, 5) is 16.8. The van der Waals surface area contributed by atoms with Gasteiger partial charge in [0.25, 0.3) is 0 Å². The highest BCUT2D eigenvalue weighted by Gasteiger charge is 2.16. The van der Waals surface area contributed by atoms with Crippen LogP contribution >= 0.6 is 0 Å². The molecular formula is C22H27N3O. The zero-order chi connectivity index (χ0) is 18.2. The molecule has 1 heterocycles. The molecule has 0 aliphatic carbocycles. The molecule has 0 aromatic heterocycles. The number of piperazine rings is 1. The fraction of sp³-hybridized carbons (Fsp3) is 0.318. The van der Waals surface area contributed by atoms with Gasteiger partial charge >= 0.3 is 0 Å². The number of hydrogen-bond acceptors (Lipinski definition) is 3. The Labute approximate surface area is 156 Å². The van der Waals surface area contributed by atoms with Crippen LogP contribution < -0.4 is 10.2 Å². The lowest BCUT2D eigenvalue weighted by Crippen LogP contribution is -2.48. The number of benzene rings is 2. The predicted octanol–water partition coefficient (Wildman–Crippen LogP) is 2.95. The van der Waals surface area contributed by atoms with Crippen LogP contribution in [0, 0.1) is 6.92 Å². The maximum Gasteiger partial charge on any atom is 0.244 e. The number of para-hydroxylation sites is 1. The van der Waals surface area contributed by atoms with E-state index >= 15 is 0 Å².